The quantitative estimate of drug-likeness (QED) is 0.578. The number of aromatic carboxylic acids is 1. The van der Waals surface area contributed by atoms with Crippen LogP contribution in [0.2, 0.25) is 0 Å². The van der Waals surface area contributed by atoms with E-state index in [1.54, 1.807) is 23.5 Å². The summed E-state index contributed by atoms with van der Waals surface area (Å²) in [6, 6.07) is 5.97. The number of fused-ring (bicyclic) bond motifs is 3. The number of carbonyl (C=O) groups is 2. The first-order valence-corrected chi connectivity index (χ1v) is 12.2. The van der Waals surface area contributed by atoms with Gasteiger partial charge in [-0.1, -0.05) is 0 Å². The van der Waals surface area contributed by atoms with Gasteiger partial charge in [-0.05, 0) is 81.4 Å². The molecule has 0 unspecified atom stereocenters. The van der Waals surface area contributed by atoms with Crippen molar-refractivity contribution in [3.05, 3.63) is 56.4 Å². The first-order chi connectivity index (χ1) is 16.0. The number of rotatable bonds is 6. The molecule has 5 rings (SSSR count). The number of thiophene rings is 1. The first-order valence-electron chi connectivity index (χ1n) is 11.4. The third-order valence-electron chi connectivity index (χ3n) is 6.43. The van der Waals surface area contributed by atoms with Crippen LogP contribution in [0.5, 0.6) is 0 Å². The number of carboxylic acids is 1. The highest BCUT2D eigenvalue weighted by Gasteiger charge is 2.24. The second-order valence-electron chi connectivity index (χ2n) is 8.72. The molecule has 1 amide bonds. The Morgan fingerprint density at radius 3 is 2.52 bits per heavy atom. The zero-order valence-corrected chi connectivity index (χ0v) is 19.1. The SMILES string of the molecule is O=C(Cn1c(CN2CCCC2)nc2sc3c(c2c1=O)CCCC3)Nc1ccc(C(=O)O)cc1. The second-order valence-corrected chi connectivity index (χ2v) is 9.81. The van der Waals surface area contributed by atoms with E-state index in [1.165, 1.54) is 21.6 Å². The fourth-order valence-electron chi connectivity index (χ4n) is 4.75. The van der Waals surface area contributed by atoms with Crippen LogP contribution in [0.1, 0.15) is 52.3 Å². The second kappa shape index (κ2) is 9.07. The number of benzene rings is 1. The highest BCUT2D eigenvalue weighted by Crippen LogP contribution is 2.34. The van der Waals surface area contributed by atoms with E-state index in [9.17, 15) is 14.4 Å². The summed E-state index contributed by atoms with van der Waals surface area (Å²) in [4.78, 5) is 46.8. The number of carboxylic acid groups (broad SMARTS) is 1. The molecule has 1 saturated heterocycles. The lowest BCUT2D eigenvalue weighted by molar-refractivity contribution is -0.116. The summed E-state index contributed by atoms with van der Waals surface area (Å²) in [7, 11) is 0. The molecule has 2 aromatic heterocycles. The molecule has 0 bridgehead atoms. The molecule has 0 saturated carbocycles. The Bertz CT molecular complexity index is 1270. The van der Waals surface area contributed by atoms with Crippen molar-refractivity contribution in [2.75, 3.05) is 18.4 Å². The van der Waals surface area contributed by atoms with E-state index in [0.29, 0.717) is 23.4 Å². The number of nitrogens with one attached hydrogen (secondary N) is 1. The van der Waals surface area contributed by atoms with Gasteiger partial charge in [-0.15, -0.1) is 11.3 Å². The van der Waals surface area contributed by atoms with Gasteiger partial charge in [0.15, 0.2) is 0 Å². The van der Waals surface area contributed by atoms with E-state index in [4.69, 9.17) is 10.1 Å². The Balaban J connectivity index is 1.47. The standard InChI is InChI=1S/C24H26N4O4S/c29-20(25-16-9-7-15(8-10-16)24(31)32)14-28-19(13-27-11-3-4-12-27)26-22-21(23(28)30)17-5-1-2-6-18(17)33-22/h7-10H,1-6,11-14H2,(H,25,29)(H,31,32). The Morgan fingerprint density at radius 2 is 1.79 bits per heavy atom. The van der Waals surface area contributed by atoms with Crippen molar-refractivity contribution in [3.63, 3.8) is 0 Å². The summed E-state index contributed by atoms with van der Waals surface area (Å²) >= 11 is 1.63. The maximum absolute atomic E-state index is 13.6. The van der Waals surface area contributed by atoms with Gasteiger partial charge in [0.1, 0.15) is 17.2 Å². The molecular formula is C24H26N4O4S. The largest absolute Gasteiger partial charge is 0.478 e. The number of hydrogen-bond donors (Lipinski definition) is 2. The summed E-state index contributed by atoms with van der Waals surface area (Å²) in [5.41, 5.74) is 1.62. The Labute approximate surface area is 194 Å². The molecule has 2 aliphatic rings. The van der Waals surface area contributed by atoms with Gasteiger partial charge < -0.3 is 10.4 Å². The minimum Gasteiger partial charge on any atom is -0.478 e. The van der Waals surface area contributed by atoms with Gasteiger partial charge in [-0.3, -0.25) is 19.1 Å². The molecule has 1 aromatic carbocycles. The summed E-state index contributed by atoms with van der Waals surface area (Å²) < 4.78 is 1.53. The molecule has 3 heterocycles. The molecule has 9 heteroatoms. The highest BCUT2D eigenvalue weighted by molar-refractivity contribution is 7.18. The third kappa shape index (κ3) is 4.43. The molecule has 3 aromatic rings. The summed E-state index contributed by atoms with van der Waals surface area (Å²) in [6.07, 6.45) is 6.35. The zero-order valence-electron chi connectivity index (χ0n) is 18.3. The van der Waals surface area contributed by atoms with Crippen molar-refractivity contribution in [1.29, 1.82) is 0 Å². The predicted molar refractivity (Wildman–Crippen MR) is 127 cm³/mol. The van der Waals surface area contributed by atoms with Crippen LogP contribution < -0.4 is 10.9 Å². The number of carbonyl (C=O) groups excluding carboxylic acids is 1. The molecule has 0 radical (unpaired) electrons. The van der Waals surface area contributed by atoms with Gasteiger partial charge in [-0.25, -0.2) is 9.78 Å². The number of hydrogen-bond acceptors (Lipinski definition) is 6. The monoisotopic (exact) mass is 466 g/mol. The first kappa shape index (κ1) is 21.8. The van der Waals surface area contributed by atoms with Gasteiger partial charge in [0.2, 0.25) is 5.91 Å². The number of likely N-dealkylation sites (tertiary alicyclic amines) is 1. The lowest BCUT2D eigenvalue weighted by atomic mass is 9.97. The molecule has 0 atom stereocenters. The Morgan fingerprint density at radius 1 is 1.06 bits per heavy atom. The van der Waals surface area contributed by atoms with Gasteiger partial charge in [-0.2, -0.15) is 0 Å². The average molecular weight is 467 g/mol. The lowest BCUT2D eigenvalue weighted by Gasteiger charge is -2.18. The Kier molecular flexibility index (Phi) is 5.99. The van der Waals surface area contributed by atoms with Crippen LogP contribution in [0.4, 0.5) is 5.69 Å². The van der Waals surface area contributed by atoms with E-state index in [1.807, 2.05) is 0 Å². The number of aromatic nitrogens is 2. The smallest absolute Gasteiger partial charge is 0.335 e. The van der Waals surface area contributed by atoms with Gasteiger partial charge in [0.25, 0.3) is 5.56 Å². The third-order valence-corrected chi connectivity index (χ3v) is 7.62. The van der Waals surface area contributed by atoms with Crippen LogP contribution in [0.25, 0.3) is 10.2 Å². The molecule has 33 heavy (non-hydrogen) atoms. The van der Waals surface area contributed by atoms with Gasteiger partial charge >= 0.3 is 5.97 Å². The van der Waals surface area contributed by atoms with Crippen molar-refractivity contribution in [2.24, 2.45) is 0 Å². The molecule has 1 aliphatic carbocycles. The van der Waals surface area contributed by atoms with Crippen LogP contribution in [0.15, 0.2) is 29.1 Å². The highest BCUT2D eigenvalue weighted by atomic mass is 32.1. The van der Waals surface area contributed by atoms with E-state index < -0.39 is 5.97 Å². The molecule has 1 fully saturated rings. The van der Waals surface area contributed by atoms with Crippen molar-refractivity contribution >= 4 is 39.1 Å². The fraction of sp³-hybridized carbons (Fsp3) is 0.417. The maximum atomic E-state index is 13.6. The number of anilines is 1. The normalized spacial score (nSPS) is 16.1. The topological polar surface area (TPSA) is 105 Å². The van der Waals surface area contributed by atoms with Crippen LogP contribution in [0, 0.1) is 0 Å². The van der Waals surface area contributed by atoms with Crippen molar-refractivity contribution in [3.8, 4) is 0 Å². The summed E-state index contributed by atoms with van der Waals surface area (Å²) in [6.45, 7) is 2.36. The maximum Gasteiger partial charge on any atom is 0.335 e. The molecule has 0 spiro atoms. The summed E-state index contributed by atoms with van der Waals surface area (Å²) in [5.74, 6) is -0.734. The van der Waals surface area contributed by atoms with Crippen molar-refractivity contribution in [1.82, 2.24) is 14.5 Å². The van der Waals surface area contributed by atoms with Crippen molar-refractivity contribution in [2.45, 2.75) is 51.6 Å². The number of amides is 1. The van der Waals surface area contributed by atoms with E-state index in [2.05, 4.69) is 10.2 Å². The number of aryl methyl sites for hydroxylation is 2. The lowest BCUT2D eigenvalue weighted by Crippen LogP contribution is -2.33. The summed E-state index contributed by atoms with van der Waals surface area (Å²) in [5, 5.41) is 12.5. The van der Waals surface area contributed by atoms with Crippen LogP contribution in [-0.4, -0.2) is 44.5 Å². The Hall–Kier alpha value is -3.04. The van der Waals surface area contributed by atoms with E-state index >= 15 is 0 Å². The molecule has 2 N–H and O–H groups in total. The van der Waals surface area contributed by atoms with Crippen molar-refractivity contribution < 1.29 is 14.7 Å². The zero-order chi connectivity index (χ0) is 22.9. The van der Waals surface area contributed by atoms with E-state index in [0.717, 1.165) is 62.0 Å². The van der Waals surface area contributed by atoms with Crippen LogP contribution >= 0.6 is 11.3 Å². The van der Waals surface area contributed by atoms with Gasteiger partial charge in [0, 0.05) is 10.6 Å². The molecule has 8 nitrogen and oxygen atoms in total. The molecule has 1 aliphatic heterocycles. The minimum atomic E-state index is -1.02. The van der Waals surface area contributed by atoms with Crippen LogP contribution in [-0.2, 0) is 30.7 Å². The fourth-order valence-corrected chi connectivity index (χ4v) is 6.02. The molecular weight excluding hydrogens is 440 g/mol. The predicted octanol–water partition coefficient (Wildman–Crippen LogP) is 3.27. The van der Waals surface area contributed by atoms with E-state index in [-0.39, 0.29) is 23.6 Å². The molecule has 172 valence electrons. The average Bonchev–Trinajstić information content (AvgIpc) is 3.44. The minimum absolute atomic E-state index is 0.129. The number of nitrogens with zero attached hydrogens (tertiary/aromatic N) is 3. The van der Waals surface area contributed by atoms with Crippen LogP contribution in [0.3, 0.4) is 0 Å². The van der Waals surface area contributed by atoms with Gasteiger partial charge in [0.05, 0.1) is 17.5 Å².